The van der Waals surface area contributed by atoms with Gasteiger partial charge in [-0.25, -0.2) is 10.2 Å². The van der Waals surface area contributed by atoms with Crippen LogP contribution in [0.2, 0.25) is 0 Å². The van der Waals surface area contributed by atoms with E-state index in [0.29, 0.717) is 21.9 Å². The number of carbonyl (C=O) groups is 1. The molecule has 0 atom stereocenters. The van der Waals surface area contributed by atoms with E-state index in [1.807, 2.05) is 6.07 Å². The Morgan fingerprint density at radius 2 is 2.04 bits per heavy atom. The number of amides is 2. The summed E-state index contributed by atoms with van der Waals surface area (Å²) in [5, 5.41) is 26.3. The predicted molar refractivity (Wildman–Crippen MR) is 97.1 cm³/mol. The van der Waals surface area contributed by atoms with Gasteiger partial charge in [0.2, 0.25) is 0 Å². The number of urea groups is 1. The van der Waals surface area contributed by atoms with E-state index in [0.717, 1.165) is 0 Å². The van der Waals surface area contributed by atoms with E-state index in [4.69, 9.17) is 5.11 Å². The van der Waals surface area contributed by atoms with Gasteiger partial charge < -0.3 is 10.4 Å². The van der Waals surface area contributed by atoms with Gasteiger partial charge in [-0.2, -0.15) is 5.10 Å². The van der Waals surface area contributed by atoms with Gasteiger partial charge in [-0.15, -0.1) is 11.8 Å². The van der Waals surface area contributed by atoms with E-state index < -0.39 is 11.0 Å². The maximum absolute atomic E-state index is 11.7. The fourth-order valence-electron chi connectivity index (χ4n) is 1.88. The Kier molecular flexibility index (Phi) is 6.93. The number of nitrogens with one attached hydrogen (secondary N) is 2. The largest absolute Gasteiger partial charge is 0.396 e. The Morgan fingerprint density at radius 1 is 1.28 bits per heavy atom. The lowest BCUT2D eigenvalue weighted by Gasteiger charge is -2.04. The molecule has 8 nitrogen and oxygen atoms in total. The lowest BCUT2D eigenvalue weighted by molar-refractivity contribution is -0.387. The van der Waals surface area contributed by atoms with Crippen molar-refractivity contribution in [2.24, 2.45) is 5.10 Å². The molecule has 0 aliphatic heterocycles. The van der Waals surface area contributed by atoms with Crippen molar-refractivity contribution in [3.8, 4) is 0 Å². The summed E-state index contributed by atoms with van der Waals surface area (Å²) < 4.78 is 0. The molecule has 0 aromatic heterocycles. The number of anilines is 1. The van der Waals surface area contributed by atoms with Gasteiger partial charge in [0.1, 0.15) is 0 Å². The number of benzene rings is 2. The summed E-state index contributed by atoms with van der Waals surface area (Å²) in [6, 6.07) is 12.9. The standard InChI is InChI=1S/C16H16N4O4S/c21-8-9-25-15-7-6-12(10-14(15)20(23)24)11-17-19-16(22)18-13-4-2-1-3-5-13/h1-7,10-11,21H,8-9H2,(H2,18,19,22)/b17-11-. The molecule has 0 saturated carbocycles. The SMILES string of the molecule is O=C(N/N=C\c1ccc(SCCO)c([N+](=O)[O-])c1)Nc1ccccc1. The number of nitro groups is 1. The van der Waals surface area contributed by atoms with E-state index in [1.54, 1.807) is 36.4 Å². The van der Waals surface area contributed by atoms with E-state index >= 15 is 0 Å². The smallest absolute Gasteiger partial charge is 0.339 e. The van der Waals surface area contributed by atoms with Crippen LogP contribution in [0.5, 0.6) is 0 Å². The Hall–Kier alpha value is -2.91. The third kappa shape index (κ3) is 5.90. The fraction of sp³-hybridized carbons (Fsp3) is 0.125. The van der Waals surface area contributed by atoms with Crippen molar-refractivity contribution in [2.45, 2.75) is 4.90 Å². The highest BCUT2D eigenvalue weighted by atomic mass is 32.2. The molecule has 0 fully saturated rings. The Balaban J connectivity index is 1.99. The summed E-state index contributed by atoms with van der Waals surface area (Å²) in [6.45, 7) is -0.0640. The van der Waals surface area contributed by atoms with Gasteiger partial charge in [0.15, 0.2) is 0 Å². The van der Waals surface area contributed by atoms with Crippen LogP contribution in [0.3, 0.4) is 0 Å². The minimum atomic E-state index is -0.521. The van der Waals surface area contributed by atoms with E-state index in [-0.39, 0.29) is 12.3 Å². The Morgan fingerprint density at radius 3 is 2.72 bits per heavy atom. The van der Waals surface area contributed by atoms with Crippen LogP contribution in [-0.2, 0) is 0 Å². The monoisotopic (exact) mass is 360 g/mol. The first-order valence-electron chi connectivity index (χ1n) is 7.27. The second-order valence-corrected chi connectivity index (χ2v) is 5.88. The number of aliphatic hydroxyl groups excluding tert-OH is 1. The third-order valence-corrected chi connectivity index (χ3v) is 3.98. The molecule has 2 aromatic rings. The number of rotatable bonds is 7. The quantitative estimate of drug-likeness (QED) is 0.304. The summed E-state index contributed by atoms with van der Waals surface area (Å²) in [4.78, 5) is 22.8. The van der Waals surface area contributed by atoms with Gasteiger partial charge in [0, 0.05) is 23.1 Å². The van der Waals surface area contributed by atoms with Crippen LogP contribution in [0.4, 0.5) is 16.2 Å². The zero-order valence-electron chi connectivity index (χ0n) is 13.1. The molecular formula is C16H16N4O4S. The zero-order chi connectivity index (χ0) is 18.1. The number of nitrogens with zero attached hydrogens (tertiary/aromatic N) is 2. The second kappa shape index (κ2) is 9.40. The first-order valence-corrected chi connectivity index (χ1v) is 8.26. The number of carbonyl (C=O) groups excluding carboxylic acids is 1. The van der Waals surface area contributed by atoms with Crippen molar-refractivity contribution in [3.05, 3.63) is 64.2 Å². The van der Waals surface area contributed by atoms with Gasteiger partial charge >= 0.3 is 6.03 Å². The minimum Gasteiger partial charge on any atom is -0.396 e. The van der Waals surface area contributed by atoms with Crippen molar-refractivity contribution >= 4 is 35.4 Å². The highest BCUT2D eigenvalue weighted by Crippen LogP contribution is 2.29. The maximum atomic E-state index is 11.7. The summed E-state index contributed by atoms with van der Waals surface area (Å²) in [5.74, 6) is 0.371. The fourth-order valence-corrected chi connectivity index (χ4v) is 2.64. The summed E-state index contributed by atoms with van der Waals surface area (Å²) >= 11 is 1.20. The highest BCUT2D eigenvalue weighted by Gasteiger charge is 2.14. The molecular weight excluding hydrogens is 344 g/mol. The van der Waals surface area contributed by atoms with Crippen molar-refractivity contribution in [3.63, 3.8) is 0 Å². The molecule has 2 amide bonds. The number of hydrogen-bond donors (Lipinski definition) is 3. The topological polar surface area (TPSA) is 117 Å². The molecule has 130 valence electrons. The van der Waals surface area contributed by atoms with Gasteiger partial charge in [-0.1, -0.05) is 24.3 Å². The average Bonchev–Trinajstić information content (AvgIpc) is 2.61. The Bertz CT molecular complexity index is 768. The molecule has 0 aliphatic rings. The van der Waals surface area contributed by atoms with Crippen LogP contribution in [0.15, 0.2) is 58.5 Å². The molecule has 0 heterocycles. The van der Waals surface area contributed by atoms with E-state index in [1.165, 1.54) is 24.0 Å². The van der Waals surface area contributed by atoms with Gasteiger partial charge in [0.25, 0.3) is 5.69 Å². The molecule has 0 unspecified atom stereocenters. The van der Waals surface area contributed by atoms with Crippen molar-refractivity contribution < 1.29 is 14.8 Å². The minimum absolute atomic E-state index is 0.0640. The van der Waals surface area contributed by atoms with Crippen LogP contribution >= 0.6 is 11.8 Å². The molecule has 25 heavy (non-hydrogen) atoms. The number of para-hydroxylation sites is 1. The predicted octanol–water partition coefficient (Wildman–Crippen LogP) is 2.83. The zero-order valence-corrected chi connectivity index (χ0v) is 13.9. The summed E-state index contributed by atoms with van der Waals surface area (Å²) in [5.41, 5.74) is 3.31. The molecule has 0 spiro atoms. The van der Waals surface area contributed by atoms with Gasteiger partial charge in [-0.05, 0) is 18.2 Å². The van der Waals surface area contributed by atoms with E-state index in [2.05, 4.69) is 15.8 Å². The van der Waals surface area contributed by atoms with E-state index in [9.17, 15) is 14.9 Å². The van der Waals surface area contributed by atoms with Crippen LogP contribution in [0.1, 0.15) is 5.56 Å². The second-order valence-electron chi connectivity index (χ2n) is 4.75. The lowest BCUT2D eigenvalue weighted by Crippen LogP contribution is -2.24. The summed E-state index contributed by atoms with van der Waals surface area (Å²) in [7, 11) is 0. The van der Waals surface area contributed by atoms with Crippen LogP contribution < -0.4 is 10.7 Å². The summed E-state index contributed by atoms with van der Waals surface area (Å²) in [6.07, 6.45) is 1.32. The Labute approximate surface area is 148 Å². The molecule has 3 N–H and O–H groups in total. The number of aliphatic hydroxyl groups is 1. The average molecular weight is 360 g/mol. The van der Waals surface area contributed by atoms with Gasteiger partial charge in [0.05, 0.1) is 22.6 Å². The molecule has 0 radical (unpaired) electrons. The molecule has 0 saturated heterocycles. The molecule has 9 heteroatoms. The number of thioether (sulfide) groups is 1. The third-order valence-electron chi connectivity index (χ3n) is 2.94. The molecule has 0 bridgehead atoms. The first-order chi connectivity index (χ1) is 12.1. The van der Waals surface area contributed by atoms with Crippen molar-refractivity contribution in [2.75, 3.05) is 17.7 Å². The van der Waals surface area contributed by atoms with Gasteiger partial charge in [-0.3, -0.25) is 10.1 Å². The van der Waals surface area contributed by atoms with Crippen LogP contribution in [-0.4, -0.2) is 34.6 Å². The first kappa shape index (κ1) is 18.4. The highest BCUT2D eigenvalue weighted by molar-refractivity contribution is 7.99. The molecule has 0 aliphatic carbocycles. The number of hydrazone groups is 1. The van der Waals surface area contributed by atoms with Crippen molar-refractivity contribution in [1.82, 2.24) is 5.43 Å². The lowest BCUT2D eigenvalue weighted by atomic mass is 10.2. The molecule has 2 aromatic carbocycles. The normalized spacial score (nSPS) is 10.6. The van der Waals surface area contributed by atoms with Crippen LogP contribution in [0, 0.1) is 10.1 Å². The number of nitro benzene ring substituents is 1. The van der Waals surface area contributed by atoms with Crippen LogP contribution in [0.25, 0.3) is 0 Å². The maximum Gasteiger partial charge on any atom is 0.339 e. The number of hydrogen-bond acceptors (Lipinski definition) is 6. The molecule has 2 rings (SSSR count). The van der Waals surface area contributed by atoms with Crippen molar-refractivity contribution in [1.29, 1.82) is 0 Å².